The molecule has 2 aliphatic rings. The van der Waals surface area contributed by atoms with Crippen LogP contribution < -0.4 is 21.5 Å². The fourth-order valence-electron chi connectivity index (χ4n) is 8.84. The van der Waals surface area contributed by atoms with Crippen LogP contribution in [-0.4, -0.2) is 144 Å². The lowest BCUT2D eigenvalue weighted by atomic mass is 9.91. The number of aldehydes is 2. The zero-order valence-corrected chi connectivity index (χ0v) is 49.1. The second kappa shape index (κ2) is 33.3. The van der Waals surface area contributed by atoms with Crippen molar-refractivity contribution in [3.8, 4) is 11.3 Å². The van der Waals surface area contributed by atoms with Crippen molar-refractivity contribution in [1.82, 2.24) is 39.9 Å². The van der Waals surface area contributed by atoms with Crippen LogP contribution in [0.2, 0.25) is 5.02 Å². The minimum Gasteiger partial charge on any atom is -0.444 e. The minimum atomic E-state index is -0.886. The average Bonchev–Trinajstić information content (AvgIpc) is 3.47. The summed E-state index contributed by atoms with van der Waals surface area (Å²) < 4.78 is 6.75. The number of alkyl carbamates (subject to hydrolysis) is 1. The van der Waals surface area contributed by atoms with Crippen molar-refractivity contribution in [1.29, 1.82) is 0 Å². The van der Waals surface area contributed by atoms with E-state index in [1.807, 2.05) is 105 Å². The number of hydrogen-bond donors (Lipinski definition) is 4. The number of aromatic nitrogens is 3. The molecule has 16 nitrogen and oxygen atoms in total. The zero-order valence-electron chi connectivity index (χ0n) is 48.3. The summed E-state index contributed by atoms with van der Waals surface area (Å²) >= 11 is 6.41. The summed E-state index contributed by atoms with van der Waals surface area (Å²) in [4.78, 5) is 75.0. The quantitative estimate of drug-likeness (QED) is 0.0499. The molecule has 4 heterocycles. The predicted octanol–water partition coefficient (Wildman–Crippen LogP) is 9.92. The first-order valence-electron chi connectivity index (χ1n) is 27.8. The number of carbonyl (C=O) groups is 4. The molecule has 2 aromatic heterocycles. The molecule has 1 unspecified atom stereocenters. The van der Waals surface area contributed by atoms with E-state index in [4.69, 9.17) is 16.3 Å². The molecule has 8 rings (SSSR count). The summed E-state index contributed by atoms with van der Waals surface area (Å²) in [7, 11) is 6.09. The number of halogens is 1. The number of ether oxygens (including phenoxy) is 1. The van der Waals surface area contributed by atoms with Crippen LogP contribution in [0.5, 0.6) is 0 Å². The van der Waals surface area contributed by atoms with Crippen LogP contribution >= 0.6 is 11.6 Å². The summed E-state index contributed by atoms with van der Waals surface area (Å²) in [5.74, 6) is 0.127. The smallest absolute Gasteiger partial charge is 0.407 e. The van der Waals surface area contributed by atoms with E-state index in [0.29, 0.717) is 64.2 Å². The summed E-state index contributed by atoms with van der Waals surface area (Å²) in [6.45, 7) is 21.4. The molecular formula is C62H86ClN9O7. The number of benzene rings is 4. The van der Waals surface area contributed by atoms with Gasteiger partial charge < -0.3 is 45.3 Å². The molecule has 2 aliphatic heterocycles. The Kier molecular flexibility index (Phi) is 27.4. The van der Waals surface area contributed by atoms with Gasteiger partial charge in [0.05, 0.1) is 45.6 Å². The Bertz CT molecular complexity index is 2900. The number of piperidine rings is 1. The standard InChI is InChI=1S/C23H34N6O3.C22H21ClN2O3.C13H19NO.2C2H6/c1-26-9-6-23(32,7-10-26)16-29-17-24-20-15-18(3-4-19(20)22(29)31)25-21(30)5-8-28-13-11-27(2)12-14-28;1-22(2,3)28-21(27)24-12-14-5-4-6-16(9-14)19-11-18(23)17-8-7-15(13-26)10-20(17)25-19;1-14-9-5-8-13(11-15)10-12-6-3-2-4-7-12;2*1-2/h3-4,15,17,32H,5-14,16H2,1-2H3,(H,25,30);4-11,13H,12H2,1-3H3,(H,24,27);2-4,6-7,11,13-14H,5,8-10H2,1H3;2*1-2H3. The largest absolute Gasteiger partial charge is 0.444 e. The highest BCUT2D eigenvalue weighted by molar-refractivity contribution is 6.35. The van der Waals surface area contributed by atoms with Crippen molar-refractivity contribution in [2.45, 2.75) is 111 Å². The van der Waals surface area contributed by atoms with Crippen molar-refractivity contribution in [3.05, 3.63) is 135 Å². The number of aliphatic hydroxyl groups is 1. The molecule has 2 amide bonds. The summed E-state index contributed by atoms with van der Waals surface area (Å²) in [5, 5.41) is 21.5. The number of anilines is 1. The lowest BCUT2D eigenvalue weighted by Gasteiger charge is -2.36. The molecule has 1 atom stereocenters. The molecule has 0 radical (unpaired) electrons. The Hall–Kier alpha value is -6.40. The first-order chi connectivity index (χ1) is 37.9. The number of hydrogen-bond acceptors (Lipinski definition) is 13. The molecule has 6 aromatic rings. The van der Waals surface area contributed by atoms with Crippen molar-refractivity contribution >= 4 is 63.7 Å². The predicted molar refractivity (Wildman–Crippen MR) is 321 cm³/mol. The number of nitrogens with zero attached hydrogens (tertiary/aromatic N) is 6. The van der Waals surface area contributed by atoms with E-state index in [1.54, 1.807) is 42.5 Å². The first-order valence-corrected chi connectivity index (χ1v) is 28.2. The van der Waals surface area contributed by atoms with E-state index < -0.39 is 17.3 Å². The number of rotatable bonds is 17. The summed E-state index contributed by atoms with van der Waals surface area (Å²) in [6.07, 6.45) is 7.50. The molecular weight excluding hydrogens is 1020 g/mol. The van der Waals surface area contributed by atoms with Crippen LogP contribution in [0, 0.1) is 5.92 Å². The van der Waals surface area contributed by atoms with Crippen molar-refractivity contribution in [3.63, 3.8) is 0 Å². The normalized spacial score (nSPS) is 14.8. The number of likely N-dealkylation sites (N-methyl/N-ethyl adjacent to an activating group) is 1. The third-order valence-corrected chi connectivity index (χ3v) is 13.6. The summed E-state index contributed by atoms with van der Waals surface area (Å²) in [6, 6.07) is 30.1. The zero-order chi connectivity index (χ0) is 58.0. The van der Waals surface area contributed by atoms with Crippen molar-refractivity contribution in [2.75, 3.05) is 78.8 Å². The van der Waals surface area contributed by atoms with Crippen LogP contribution in [0.3, 0.4) is 0 Å². The van der Waals surface area contributed by atoms with E-state index >= 15 is 0 Å². The molecule has 0 bridgehead atoms. The Labute approximate surface area is 473 Å². The Morgan fingerprint density at radius 1 is 0.823 bits per heavy atom. The van der Waals surface area contributed by atoms with E-state index in [1.165, 1.54) is 16.5 Å². The Balaban J connectivity index is 0.000000261. The molecule has 4 N–H and O–H groups in total. The van der Waals surface area contributed by atoms with Gasteiger partial charge in [0.25, 0.3) is 5.56 Å². The molecule has 0 aliphatic carbocycles. The number of likely N-dealkylation sites (tertiary alicyclic amines) is 1. The maximum absolute atomic E-state index is 12.9. The lowest BCUT2D eigenvalue weighted by Crippen LogP contribution is -2.47. The van der Waals surface area contributed by atoms with Crippen molar-refractivity contribution < 1.29 is 29.0 Å². The van der Waals surface area contributed by atoms with Crippen LogP contribution in [0.25, 0.3) is 33.1 Å². The second-order valence-electron chi connectivity index (χ2n) is 20.7. The van der Waals surface area contributed by atoms with Gasteiger partial charge in [0, 0.05) is 86.9 Å². The molecule has 17 heteroatoms. The van der Waals surface area contributed by atoms with Gasteiger partial charge in [-0.1, -0.05) is 100.0 Å². The number of piperazine rings is 1. The van der Waals surface area contributed by atoms with Crippen LogP contribution in [-0.2, 0) is 33.8 Å². The number of pyridine rings is 1. The van der Waals surface area contributed by atoms with Gasteiger partial charge in [0.1, 0.15) is 18.2 Å². The number of nitrogens with one attached hydrogen (secondary N) is 3. The average molecular weight is 1100 g/mol. The monoisotopic (exact) mass is 1100 g/mol. The first kappa shape index (κ1) is 65.1. The molecule has 0 spiro atoms. The Morgan fingerprint density at radius 2 is 1.49 bits per heavy atom. The van der Waals surface area contributed by atoms with Gasteiger partial charge in [-0.05, 0) is 128 Å². The maximum atomic E-state index is 12.9. The minimum absolute atomic E-state index is 0.0406. The second-order valence-corrected chi connectivity index (χ2v) is 21.1. The fraction of sp³-hybridized carbons (Fsp3) is 0.468. The van der Waals surface area contributed by atoms with Crippen LogP contribution in [0.1, 0.15) is 102 Å². The highest BCUT2D eigenvalue weighted by Crippen LogP contribution is 2.29. The third-order valence-electron chi connectivity index (χ3n) is 13.3. The summed E-state index contributed by atoms with van der Waals surface area (Å²) in [5.41, 5.74) is 4.49. The van der Waals surface area contributed by atoms with Gasteiger partial charge in [-0.25, -0.2) is 14.8 Å². The maximum Gasteiger partial charge on any atom is 0.407 e. The topological polar surface area (TPSA) is 191 Å². The molecule has 2 fully saturated rings. The number of fused-ring (bicyclic) bond motifs is 2. The van der Waals surface area contributed by atoms with E-state index in [9.17, 15) is 29.1 Å². The lowest BCUT2D eigenvalue weighted by molar-refractivity contribution is -0.116. The van der Waals surface area contributed by atoms with Gasteiger partial charge in [-0.2, -0.15) is 0 Å². The van der Waals surface area contributed by atoms with Gasteiger partial charge in [-0.15, -0.1) is 0 Å². The van der Waals surface area contributed by atoms with Gasteiger partial charge in [0.2, 0.25) is 5.91 Å². The SMILES string of the molecule is CC.CC.CC(C)(C)OC(=O)NCc1cccc(-c2cc(Cl)c3ccc(C=O)cc3n2)c1.CN1CCN(CCC(=O)Nc2ccc3c(=O)n(CC4(O)CCN(C)CC4)cnc3c2)CC1.CNCCCC(C=O)Cc1ccccc1. The number of amides is 2. The van der Waals surface area contributed by atoms with Gasteiger partial charge in [-0.3, -0.25) is 19.0 Å². The number of carbonyl (C=O) groups excluding carboxylic acids is 4. The van der Waals surface area contributed by atoms with Crippen molar-refractivity contribution in [2.24, 2.45) is 5.92 Å². The molecule has 79 heavy (non-hydrogen) atoms. The fourth-order valence-corrected chi connectivity index (χ4v) is 9.11. The molecule has 4 aromatic carbocycles. The van der Waals surface area contributed by atoms with E-state index in [-0.39, 0.29) is 23.9 Å². The van der Waals surface area contributed by atoms with Gasteiger partial charge >= 0.3 is 6.09 Å². The highest BCUT2D eigenvalue weighted by atomic mass is 35.5. The molecule has 2 saturated heterocycles. The van der Waals surface area contributed by atoms with E-state index in [2.05, 4.69) is 59.8 Å². The van der Waals surface area contributed by atoms with Crippen LogP contribution in [0.15, 0.2) is 108 Å². The molecule has 0 saturated carbocycles. The van der Waals surface area contributed by atoms with Gasteiger partial charge in [0.15, 0.2) is 0 Å². The van der Waals surface area contributed by atoms with Crippen LogP contribution in [0.4, 0.5) is 10.5 Å². The van der Waals surface area contributed by atoms with E-state index in [0.717, 1.165) is 101 Å². The Morgan fingerprint density at radius 3 is 2.15 bits per heavy atom. The molecule has 428 valence electrons. The third kappa shape index (κ3) is 22.0. The highest BCUT2D eigenvalue weighted by Gasteiger charge is 2.32.